The van der Waals surface area contributed by atoms with Crippen LogP contribution in [0.15, 0.2) is 237 Å². The van der Waals surface area contributed by atoms with Crippen LogP contribution in [0, 0.1) is 0 Å². The van der Waals surface area contributed by atoms with Gasteiger partial charge in [0, 0.05) is 47.8 Å². The Labute approximate surface area is 385 Å². The van der Waals surface area contributed by atoms with Gasteiger partial charge < -0.3 is 4.57 Å². The highest BCUT2D eigenvalue weighted by Gasteiger charge is 2.24. The Morgan fingerprint density at radius 1 is 0.273 bits per heavy atom. The van der Waals surface area contributed by atoms with Crippen LogP contribution in [-0.2, 0) is 0 Å². The highest BCUT2D eigenvalue weighted by atomic mass is 32.1. The second-order valence-corrected chi connectivity index (χ2v) is 18.5. The highest BCUT2D eigenvalue weighted by Crippen LogP contribution is 2.51. The molecule has 66 heavy (non-hydrogen) atoms. The summed E-state index contributed by atoms with van der Waals surface area (Å²) in [6.45, 7) is 0. The van der Waals surface area contributed by atoms with Crippen molar-refractivity contribution < 1.29 is 0 Å². The zero-order valence-electron chi connectivity index (χ0n) is 35.9. The Hall–Kier alpha value is -8.30. The van der Waals surface area contributed by atoms with Gasteiger partial charge in [-0.1, -0.05) is 212 Å². The van der Waals surface area contributed by atoms with Crippen LogP contribution in [0.3, 0.4) is 0 Å². The van der Waals surface area contributed by atoms with E-state index >= 15 is 0 Å². The fourth-order valence-electron chi connectivity index (χ4n) is 11.3. The second kappa shape index (κ2) is 14.6. The summed E-state index contributed by atoms with van der Waals surface area (Å²) in [5.41, 5.74) is 13.7. The van der Waals surface area contributed by atoms with Crippen molar-refractivity contribution in [1.29, 1.82) is 0 Å². The maximum Gasteiger partial charge on any atom is 0.0619 e. The van der Waals surface area contributed by atoms with Crippen molar-refractivity contribution in [2.75, 3.05) is 0 Å². The molecule has 0 atom stereocenters. The third-order valence-electron chi connectivity index (χ3n) is 14.0. The minimum atomic E-state index is 1.16. The van der Waals surface area contributed by atoms with Gasteiger partial charge in [0.2, 0.25) is 0 Å². The van der Waals surface area contributed by atoms with Gasteiger partial charge in [0.05, 0.1) is 11.0 Å². The summed E-state index contributed by atoms with van der Waals surface area (Å²) in [4.78, 5) is 0. The van der Waals surface area contributed by atoms with Gasteiger partial charge in [-0.15, -0.1) is 11.3 Å². The summed E-state index contributed by atoms with van der Waals surface area (Å²) in [6.07, 6.45) is 0. The smallest absolute Gasteiger partial charge is 0.0619 e. The van der Waals surface area contributed by atoms with E-state index < -0.39 is 0 Å². The third-order valence-corrected chi connectivity index (χ3v) is 15.2. The number of para-hydroxylation sites is 3. The molecule has 2 aromatic heterocycles. The topological polar surface area (TPSA) is 4.93 Å². The first-order valence-electron chi connectivity index (χ1n) is 22.8. The molecule has 0 fully saturated rings. The maximum atomic E-state index is 2.47. The molecular formula is C64H39NS. The van der Waals surface area contributed by atoms with Gasteiger partial charge in [-0.25, -0.2) is 0 Å². The van der Waals surface area contributed by atoms with Crippen molar-refractivity contribution in [3.05, 3.63) is 237 Å². The number of rotatable bonds is 5. The molecule has 0 bridgehead atoms. The fraction of sp³-hybridized carbons (Fsp3) is 0. The van der Waals surface area contributed by atoms with E-state index in [0.717, 1.165) is 5.69 Å². The number of hydrogen-bond acceptors (Lipinski definition) is 1. The molecule has 14 aromatic rings. The number of nitrogens with zero attached hydrogens (tertiary/aromatic N) is 1. The fourth-order valence-corrected chi connectivity index (χ4v) is 12.5. The van der Waals surface area contributed by atoms with Crippen molar-refractivity contribution in [3.8, 4) is 50.2 Å². The number of aromatic nitrogens is 1. The van der Waals surface area contributed by atoms with Crippen LogP contribution < -0.4 is 0 Å². The number of hydrogen-bond donors (Lipinski definition) is 0. The molecule has 0 radical (unpaired) electrons. The van der Waals surface area contributed by atoms with E-state index in [2.05, 4.69) is 241 Å². The molecule has 0 aliphatic heterocycles. The van der Waals surface area contributed by atoms with Gasteiger partial charge in [-0.2, -0.15) is 0 Å². The first-order chi connectivity index (χ1) is 32.8. The maximum absolute atomic E-state index is 2.47. The van der Waals surface area contributed by atoms with Crippen LogP contribution in [-0.4, -0.2) is 4.57 Å². The van der Waals surface area contributed by atoms with E-state index in [1.165, 1.54) is 130 Å². The Bertz CT molecular complexity index is 4160. The quantitative estimate of drug-likeness (QED) is 0.152. The van der Waals surface area contributed by atoms with Crippen LogP contribution in [0.2, 0.25) is 0 Å². The van der Waals surface area contributed by atoms with E-state index in [1.807, 2.05) is 11.3 Å². The molecule has 14 rings (SSSR count). The Kier molecular flexibility index (Phi) is 8.22. The molecule has 0 spiro atoms. The molecule has 12 aromatic carbocycles. The SMILES string of the molecule is c1ccc(-c2c3ccccc3c(-c3ccc4c(c3)sc3c(-c5c6ccccc6c(-c6cccc7c8ccccc8n(-c8ccccc8)c67)c6ccccc56)cccc34)c3ccccc23)cc1. The molecular weight excluding hydrogens is 815 g/mol. The highest BCUT2D eigenvalue weighted by molar-refractivity contribution is 7.26. The molecule has 0 unspecified atom stereocenters. The lowest BCUT2D eigenvalue weighted by Crippen LogP contribution is -1.96. The summed E-state index contributed by atoms with van der Waals surface area (Å²) in [7, 11) is 0. The van der Waals surface area contributed by atoms with Crippen LogP contribution in [0.1, 0.15) is 0 Å². The minimum absolute atomic E-state index is 1.16. The van der Waals surface area contributed by atoms with Gasteiger partial charge in [-0.3, -0.25) is 0 Å². The number of fused-ring (bicyclic) bond motifs is 10. The molecule has 0 N–H and O–H groups in total. The monoisotopic (exact) mass is 853 g/mol. The van der Waals surface area contributed by atoms with E-state index in [9.17, 15) is 0 Å². The molecule has 306 valence electrons. The molecule has 0 saturated carbocycles. The summed E-state index contributed by atoms with van der Waals surface area (Å²) < 4.78 is 5.07. The zero-order chi connectivity index (χ0) is 43.3. The van der Waals surface area contributed by atoms with Gasteiger partial charge in [0.15, 0.2) is 0 Å². The van der Waals surface area contributed by atoms with Crippen molar-refractivity contribution in [1.82, 2.24) is 4.57 Å². The number of benzene rings is 12. The predicted molar refractivity (Wildman–Crippen MR) is 285 cm³/mol. The first kappa shape index (κ1) is 37.1. The van der Waals surface area contributed by atoms with Gasteiger partial charge in [0.25, 0.3) is 0 Å². The minimum Gasteiger partial charge on any atom is -0.309 e. The van der Waals surface area contributed by atoms with E-state index in [1.54, 1.807) is 0 Å². The van der Waals surface area contributed by atoms with Gasteiger partial charge in [-0.05, 0) is 101 Å². The average molecular weight is 854 g/mol. The van der Waals surface area contributed by atoms with Crippen LogP contribution in [0.5, 0.6) is 0 Å². The van der Waals surface area contributed by atoms with Crippen molar-refractivity contribution in [2.45, 2.75) is 0 Å². The molecule has 2 heterocycles. The van der Waals surface area contributed by atoms with Crippen LogP contribution in [0.25, 0.3) is 135 Å². The summed E-state index contributed by atoms with van der Waals surface area (Å²) in [5, 5.41) is 15.2. The van der Waals surface area contributed by atoms with Crippen LogP contribution in [0.4, 0.5) is 0 Å². The summed E-state index contributed by atoms with van der Waals surface area (Å²) in [5.74, 6) is 0. The zero-order valence-corrected chi connectivity index (χ0v) is 36.7. The molecule has 2 heteroatoms. The molecule has 0 amide bonds. The Morgan fingerprint density at radius 2 is 0.712 bits per heavy atom. The first-order valence-corrected chi connectivity index (χ1v) is 23.6. The molecule has 0 saturated heterocycles. The van der Waals surface area contributed by atoms with E-state index in [4.69, 9.17) is 0 Å². The van der Waals surface area contributed by atoms with Crippen molar-refractivity contribution >= 4 is 96.4 Å². The van der Waals surface area contributed by atoms with Crippen molar-refractivity contribution in [2.24, 2.45) is 0 Å². The standard InChI is InChI=1S/C64H39NS/c1-3-19-40(20-4-1)59-45-24-7-9-26-47(45)60(48-27-10-8-25-46(48)59)41-37-38-44-54-33-18-35-56(64(54)66-58(44)39-41)62-51-30-13-11-28-49(51)61(50-29-12-14-31-52(50)62)55-34-17-32-53-43-23-15-16-36-57(43)65(63(53)55)42-21-5-2-6-22-42/h1-39H. The Balaban J connectivity index is 1.02. The van der Waals surface area contributed by atoms with Gasteiger partial charge >= 0.3 is 0 Å². The third kappa shape index (κ3) is 5.40. The average Bonchev–Trinajstić information content (AvgIpc) is 3.94. The lowest BCUT2D eigenvalue weighted by atomic mass is 9.85. The predicted octanol–water partition coefficient (Wildman–Crippen LogP) is 18.4. The summed E-state index contributed by atoms with van der Waals surface area (Å²) >= 11 is 1.92. The van der Waals surface area contributed by atoms with E-state index in [0.29, 0.717) is 0 Å². The lowest BCUT2D eigenvalue weighted by Gasteiger charge is -2.19. The van der Waals surface area contributed by atoms with Gasteiger partial charge in [0.1, 0.15) is 0 Å². The molecule has 1 nitrogen and oxygen atoms in total. The van der Waals surface area contributed by atoms with Crippen LogP contribution >= 0.6 is 11.3 Å². The van der Waals surface area contributed by atoms with Crippen molar-refractivity contribution in [3.63, 3.8) is 0 Å². The second-order valence-electron chi connectivity index (χ2n) is 17.4. The number of thiophene rings is 1. The Morgan fingerprint density at radius 3 is 1.30 bits per heavy atom. The largest absolute Gasteiger partial charge is 0.309 e. The summed E-state index contributed by atoms with van der Waals surface area (Å²) in [6, 6.07) is 87.6. The molecule has 0 aliphatic rings. The van der Waals surface area contributed by atoms with E-state index in [-0.39, 0.29) is 0 Å². The lowest BCUT2D eigenvalue weighted by molar-refractivity contribution is 1.18. The molecule has 0 aliphatic carbocycles. The normalized spacial score (nSPS) is 11.9.